The average Bonchev–Trinajstić information content (AvgIpc) is 2.15. The van der Waals surface area contributed by atoms with Crippen molar-refractivity contribution < 1.29 is 9.90 Å². The minimum Gasteiger partial charge on any atom is -0.481 e. The van der Waals surface area contributed by atoms with Crippen molar-refractivity contribution in [3.8, 4) is 0 Å². The van der Waals surface area contributed by atoms with Crippen LogP contribution in [0, 0.1) is 0 Å². The lowest BCUT2D eigenvalue weighted by atomic mass is 9.81. The molecule has 0 spiro atoms. The van der Waals surface area contributed by atoms with Gasteiger partial charge in [-0.2, -0.15) is 0 Å². The van der Waals surface area contributed by atoms with Gasteiger partial charge in [-0.1, -0.05) is 38.1 Å². The van der Waals surface area contributed by atoms with E-state index < -0.39 is 5.97 Å². The largest absolute Gasteiger partial charge is 0.481 e. The Labute approximate surface area is 103 Å². The highest BCUT2D eigenvalue weighted by Gasteiger charge is 2.24. The van der Waals surface area contributed by atoms with Crippen molar-refractivity contribution in [2.24, 2.45) is 0 Å². The maximum atomic E-state index is 10.8. The molecule has 3 heteroatoms. The lowest BCUT2D eigenvalue weighted by Gasteiger charge is -2.24. The fourth-order valence-electron chi connectivity index (χ4n) is 1.94. The van der Waals surface area contributed by atoms with Crippen LogP contribution in [0.5, 0.6) is 0 Å². The summed E-state index contributed by atoms with van der Waals surface area (Å²) in [7, 11) is 4.05. The lowest BCUT2D eigenvalue weighted by molar-refractivity contribution is -0.138. The molecule has 0 atom stereocenters. The topological polar surface area (TPSA) is 40.5 Å². The first-order chi connectivity index (χ1) is 7.81. The molecule has 0 amide bonds. The summed E-state index contributed by atoms with van der Waals surface area (Å²) in [5, 5.41) is 8.92. The molecule has 0 aromatic heterocycles. The molecule has 0 aliphatic rings. The van der Waals surface area contributed by atoms with E-state index in [4.69, 9.17) is 5.11 Å². The van der Waals surface area contributed by atoms with Crippen molar-refractivity contribution in [1.29, 1.82) is 0 Å². The summed E-state index contributed by atoms with van der Waals surface area (Å²) in [4.78, 5) is 12.9. The van der Waals surface area contributed by atoms with Crippen molar-refractivity contribution in [2.75, 3.05) is 14.1 Å². The number of nitrogens with zero attached hydrogens (tertiary/aromatic N) is 1. The number of benzene rings is 1. The van der Waals surface area contributed by atoms with Crippen LogP contribution >= 0.6 is 0 Å². The van der Waals surface area contributed by atoms with Gasteiger partial charge in [-0.15, -0.1) is 0 Å². The number of carboxylic acid groups (broad SMARTS) is 1. The molecule has 0 saturated carbocycles. The highest BCUT2D eigenvalue weighted by Crippen LogP contribution is 2.27. The molecule has 1 N–H and O–H groups in total. The van der Waals surface area contributed by atoms with Crippen LogP contribution < -0.4 is 0 Å². The summed E-state index contributed by atoms with van der Waals surface area (Å²) >= 11 is 0. The third kappa shape index (κ3) is 4.19. The average molecular weight is 235 g/mol. The second-order valence-electron chi connectivity index (χ2n) is 5.39. The predicted molar refractivity (Wildman–Crippen MR) is 69.1 cm³/mol. The van der Waals surface area contributed by atoms with Crippen LogP contribution in [0.4, 0.5) is 0 Å². The van der Waals surface area contributed by atoms with Crippen LogP contribution in [0.2, 0.25) is 0 Å². The molecular weight excluding hydrogens is 214 g/mol. The van der Waals surface area contributed by atoms with Gasteiger partial charge < -0.3 is 10.0 Å². The molecule has 0 bridgehead atoms. The van der Waals surface area contributed by atoms with E-state index in [9.17, 15) is 4.79 Å². The van der Waals surface area contributed by atoms with Gasteiger partial charge in [0.2, 0.25) is 0 Å². The summed E-state index contributed by atoms with van der Waals surface area (Å²) in [6, 6.07) is 8.17. The van der Waals surface area contributed by atoms with Gasteiger partial charge in [-0.25, -0.2) is 0 Å². The summed E-state index contributed by atoms with van der Waals surface area (Å²) in [5.74, 6) is -0.756. The van der Waals surface area contributed by atoms with Crippen molar-refractivity contribution >= 4 is 5.97 Å². The van der Waals surface area contributed by atoms with E-state index in [1.807, 2.05) is 40.1 Å². The summed E-state index contributed by atoms with van der Waals surface area (Å²) in [6.07, 6.45) is 0.151. The minimum atomic E-state index is -0.756. The molecule has 17 heavy (non-hydrogen) atoms. The molecule has 3 nitrogen and oxygen atoms in total. The molecule has 0 aliphatic heterocycles. The standard InChI is InChI=1S/C14H21NO2/c1-14(2,9-13(16)17)12-7-5-6-11(8-12)10-15(3)4/h5-8H,9-10H2,1-4H3,(H,16,17). The zero-order chi connectivity index (χ0) is 13.1. The van der Waals surface area contributed by atoms with Crippen LogP contribution in [0.1, 0.15) is 31.4 Å². The molecule has 0 heterocycles. The van der Waals surface area contributed by atoms with Gasteiger partial charge in [0.15, 0.2) is 0 Å². The van der Waals surface area contributed by atoms with Crippen LogP contribution in [0.25, 0.3) is 0 Å². The first-order valence-corrected chi connectivity index (χ1v) is 5.77. The van der Waals surface area contributed by atoms with E-state index in [0.29, 0.717) is 0 Å². The van der Waals surface area contributed by atoms with Gasteiger partial charge in [0.1, 0.15) is 0 Å². The van der Waals surface area contributed by atoms with E-state index in [1.54, 1.807) is 0 Å². The SMILES string of the molecule is CN(C)Cc1cccc(C(C)(C)CC(=O)O)c1. The molecule has 0 fully saturated rings. The van der Waals surface area contributed by atoms with Gasteiger partial charge in [0.25, 0.3) is 0 Å². The lowest BCUT2D eigenvalue weighted by Crippen LogP contribution is -2.22. The molecule has 0 saturated heterocycles. The third-order valence-electron chi connectivity index (χ3n) is 2.80. The van der Waals surface area contributed by atoms with Crippen LogP contribution in [0.15, 0.2) is 24.3 Å². The quantitative estimate of drug-likeness (QED) is 0.852. The number of aliphatic carboxylic acids is 1. The monoisotopic (exact) mass is 235 g/mol. The van der Waals surface area contributed by atoms with E-state index in [-0.39, 0.29) is 11.8 Å². The fourth-order valence-corrected chi connectivity index (χ4v) is 1.94. The van der Waals surface area contributed by atoms with E-state index >= 15 is 0 Å². The number of hydrogen-bond donors (Lipinski definition) is 1. The second kappa shape index (κ2) is 5.32. The molecule has 1 aromatic rings. The van der Waals surface area contributed by atoms with Gasteiger partial charge in [0, 0.05) is 12.0 Å². The minimum absolute atomic E-state index is 0.151. The fraction of sp³-hybridized carbons (Fsp3) is 0.500. The summed E-state index contributed by atoms with van der Waals surface area (Å²) < 4.78 is 0. The van der Waals surface area contributed by atoms with Gasteiger partial charge in [-0.05, 0) is 25.2 Å². The molecule has 0 aliphatic carbocycles. The summed E-state index contributed by atoms with van der Waals surface area (Å²) in [5.41, 5.74) is 1.97. The zero-order valence-electron chi connectivity index (χ0n) is 11.0. The predicted octanol–water partition coefficient (Wildman–Crippen LogP) is 2.50. The van der Waals surface area contributed by atoms with Crippen molar-refractivity contribution in [3.05, 3.63) is 35.4 Å². The number of hydrogen-bond acceptors (Lipinski definition) is 2. The molecule has 0 unspecified atom stereocenters. The van der Waals surface area contributed by atoms with Crippen LogP contribution in [-0.4, -0.2) is 30.1 Å². The maximum Gasteiger partial charge on any atom is 0.304 e. The zero-order valence-corrected chi connectivity index (χ0v) is 11.0. The maximum absolute atomic E-state index is 10.8. The van der Waals surface area contributed by atoms with Crippen LogP contribution in [-0.2, 0) is 16.8 Å². The van der Waals surface area contributed by atoms with Crippen molar-refractivity contribution in [1.82, 2.24) is 4.90 Å². The Morgan fingerprint density at radius 3 is 2.53 bits per heavy atom. The molecular formula is C14H21NO2. The van der Waals surface area contributed by atoms with Gasteiger partial charge >= 0.3 is 5.97 Å². The first-order valence-electron chi connectivity index (χ1n) is 5.77. The Morgan fingerprint density at radius 1 is 1.35 bits per heavy atom. The van der Waals surface area contributed by atoms with Crippen molar-refractivity contribution in [2.45, 2.75) is 32.2 Å². The highest BCUT2D eigenvalue weighted by atomic mass is 16.4. The normalized spacial score (nSPS) is 11.8. The number of rotatable bonds is 5. The Balaban J connectivity index is 2.94. The van der Waals surface area contributed by atoms with Crippen LogP contribution in [0.3, 0.4) is 0 Å². The Hall–Kier alpha value is -1.35. The Morgan fingerprint density at radius 2 is 2.00 bits per heavy atom. The smallest absolute Gasteiger partial charge is 0.304 e. The first kappa shape index (κ1) is 13.7. The molecule has 1 rings (SSSR count). The van der Waals surface area contributed by atoms with E-state index in [0.717, 1.165) is 12.1 Å². The number of carboxylic acids is 1. The number of carbonyl (C=O) groups is 1. The Kier molecular flexibility index (Phi) is 4.29. The van der Waals surface area contributed by atoms with Gasteiger partial charge in [-0.3, -0.25) is 4.79 Å². The van der Waals surface area contributed by atoms with Gasteiger partial charge in [0.05, 0.1) is 6.42 Å². The molecule has 1 aromatic carbocycles. The second-order valence-corrected chi connectivity index (χ2v) is 5.39. The van der Waals surface area contributed by atoms with E-state index in [2.05, 4.69) is 17.0 Å². The molecule has 0 radical (unpaired) electrons. The Bertz CT molecular complexity index is 397. The third-order valence-corrected chi connectivity index (χ3v) is 2.80. The van der Waals surface area contributed by atoms with E-state index in [1.165, 1.54) is 5.56 Å². The molecule has 94 valence electrons. The van der Waals surface area contributed by atoms with Crippen molar-refractivity contribution in [3.63, 3.8) is 0 Å². The highest BCUT2D eigenvalue weighted by molar-refractivity contribution is 5.68. The summed E-state index contributed by atoms with van der Waals surface area (Å²) in [6.45, 7) is 4.81.